The van der Waals surface area contributed by atoms with Crippen molar-refractivity contribution >= 4 is 43.1 Å². The van der Waals surface area contributed by atoms with Gasteiger partial charge in [-0.1, -0.05) is 29.8 Å². The topological polar surface area (TPSA) is 110 Å². The number of ether oxygens (including phenoxy) is 1. The van der Waals surface area contributed by atoms with E-state index in [-0.39, 0.29) is 16.5 Å². The molecular weight excluding hydrogens is 470 g/mol. The number of nitrogen functional groups attached to an aromatic ring is 1. The van der Waals surface area contributed by atoms with Gasteiger partial charge in [0, 0.05) is 23.2 Å². The van der Waals surface area contributed by atoms with E-state index in [0.717, 1.165) is 4.47 Å². The summed E-state index contributed by atoms with van der Waals surface area (Å²) in [4.78, 5) is 8.47. The largest absolute Gasteiger partial charge is 0.437 e. The monoisotopic (exact) mass is 491 g/mol. The Labute approximate surface area is 184 Å². The molecule has 0 atom stereocenters. The van der Waals surface area contributed by atoms with Gasteiger partial charge in [0.2, 0.25) is 15.9 Å². The Hall–Kier alpha value is -2.69. The Morgan fingerprint density at radius 1 is 1.03 bits per heavy atom. The molecule has 0 saturated heterocycles. The van der Waals surface area contributed by atoms with Gasteiger partial charge in [0.1, 0.15) is 17.8 Å². The standard InChI is InChI=1S/C20H22BrN5O3S/c1-3-26(4-2)30(27,28)17-11-7-15(8-12-17)25-19-18(22)20(24-13-23-19)29-16-9-5-14(21)6-10-16/h5-13H,3-4,22H2,1-2H3,(H,23,24,25). The molecule has 0 spiro atoms. The van der Waals surface area contributed by atoms with Crippen LogP contribution in [0.15, 0.2) is 64.2 Å². The van der Waals surface area contributed by atoms with E-state index in [1.807, 2.05) is 26.0 Å². The van der Waals surface area contributed by atoms with E-state index < -0.39 is 10.0 Å². The first-order chi connectivity index (χ1) is 14.3. The second-order valence-corrected chi connectivity index (χ2v) is 9.09. The van der Waals surface area contributed by atoms with Crippen molar-refractivity contribution < 1.29 is 13.2 Å². The lowest BCUT2D eigenvalue weighted by molar-refractivity contribution is 0.445. The van der Waals surface area contributed by atoms with Crippen LogP contribution in [0.2, 0.25) is 0 Å². The second kappa shape index (κ2) is 9.41. The number of nitrogens with two attached hydrogens (primary N) is 1. The van der Waals surface area contributed by atoms with Gasteiger partial charge in [-0.15, -0.1) is 0 Å². The van der Waals surface area contributed by atoms with E-state index in [1.165, 1.54) is 10.6 Å². The molecule has 0 aliphatic carbocycles. The van der Waals surface area contributed by atoms with E-state index in [4.69, 9.17) is 10.5 Å². The Morgan fingerprint density at radius 2 is 1.67 bits per heavy atom. The maximum atomic E-state index is 12.6. The average Bonchev–Trinajstić information content (AvgIpc) is 2.73. The quantitative estimate of drug-likeness (QED) is 0.480. The fourth-order valence-electron chi connectivity index (χ4n) is 2.73. The Kier molecular flexibility index (Phi) is 6.91. The van der Waals surface area contributed by atoms with Crippen LogP contribution < -0.4 is 15.8 Å². The Balaban J connectivity index is 1.79. The molecule has 0 unspecified atom stereocenters. The lowest BCUT2D eigenvalue weighted by Gasteiger charge is -2.18. The van der Waals surface area contributed by atoms with E-state index in [1.54, 1.807) is 36.4 Å². The number of aromatic nitrogens is 2. The molecule has 2 aromatic carbocycles. The maximum absolute atomic E-state index is 12.6. The minimum atomic E-state index is -3.51. The summed E-state index contributed by atoms with van der Waals surface area (Å²) >= 11 is 3.37. The van der Waals surface area contributed by atoms with Crippen molar-refractivity contribution in [1.82, 2.24) is 14.3 Å². The van der Waals surface area contributed by atoms with Gasteiger partial charge in [-0.2, -0.15) is 9.29 Å². The summed E-state index contributed by atoms with van der Waals surface area (Å²) in [5, 5.41) is 3.07. The Morgan fingerprint density at radius 3 is 2.27 bits per heavy atom. The molecule has 3 N–H and O–H groups in total. The highest BCUT2D eigenvalue weighted by atomic mass is 79.9. The number of hydrogen-bond donors (Lipinski definition) is 2. The number of anilines is 3. The molecule has 1 heterocycles. The molecule has 1 aromatic heterocycles. The first-order valence-corrected chi connectivity index (χ1v) is 11.5. The first kappa shape index (κ1) is 22.0. The molecule has 3 aromatic rings. The van der Waals surface area contributed by atoms with Crippen LogP contribution in [-0.4, -0.2) is 35.8 Å². The second-order valence-electron chi connectivity index (χ2n) is 6.24. The smallest absolute Gasteiger partial charge is 0.248 e. The van der Waals surface area contributed by atoms with Crippen LogP contribution in [0.1, 0.15) is 13.8 Å². The van der Waals surface area contributed by atoms with Crippen molar-refractivity contribution in [2.24, 2.45) is 0 Å². The van der Waals surface area contributed by atoms with Crippen LogP contribution in [-0.2, 0) is 10.0 Å². The lowest BCUT2D eigenvalue weighted by atomic mass is 10.3. The van der Waals surface area contributed by atoms with Gasteiger partial charge in [-0.3, -0.25) is 0 Å². The molecule has 0 aliphatic rings. The molecule has 0 saturated carbocycles. The molecular formula is C20H22BrN5O3S. The molecule has 0 radical (unpaired) electrons. The van der Waals surface area contributed by atoms with Gasteiger partial charge in [-0.05, 0) is 48.5 Å². The van der Waals surface area contributed by atoms with Gasteiger partial charge in [-0.25, -0.2) is 13.4 Å². The number of rotatable bonds is 8. The van der Waals surface area contributed by atoms with Crippen LogP contribution >= 0.6 is 15.9 Å². The zero-order valence-corrected chi connectivity index (χ0v) is 18.9. The summed E-state index contributed by atoms with van der Waals surface area (Å²) < 4.78 is 33.3. The predicted octanol–water partition coefficient (Wildman–Crippen LogP) is 4.39. The van der Waals surface area contributed by atoms with Gasteiger partial charge < -0.3 is 15.8 Å². The van der Waals surface area contributed by atoms with Crippen molar-refractivity contribution in [1.29, 1.82) is 0 Å². The van der Waals surface area contributed by atoms with Crippen molar-refractivity contribution in [3.8, 4) is 11.6 Å². The number of nitrogens with zero attached hydrogens (tertiary/aromatic N) is 3. The summed E-state index contributed by atoms with van der Waals surface area (Å²) in [6.45, 7) is 4.44. The third kappa shape index (κ3) is 4.89. The number of sulfonamides is 1. The highest BCUT2D eigenvalue weighted by molar-refractivity contribution is 9.10. The van der Waals surface area contributed by atoms with Crippen molar-refractivity contribution in [2.45, 2.75) is 18.7 Å². The number of hydrogen-bond acceptors (Lipinski definition) is 7. The van der Waals surface area contributed by atoms with Gasteiger partial charge in [0.05, 0.1) is 4.90 Å². The first-order valence-electron chi connectivity index (χ1n) is 9.26. The Bertz CT molecular complexity index is 1100. The minimum absolute atomic E-state index is 0.218. The van der Waals surface area contributed by atoms with E-state index in [2.05, 4.69) is 31.2 Å². The van der Waals surface area contributed by atoms with Crippen LogP contribution in [0.4, 0.5) is 17.2 Å². The number of nitrogens with one attached hydrogen (secondary N) is 1. The number of benzene rings is 2. The van der Waals surface area contributed by atoms with Crippen molar-refractivity contribution in [3.63, 3.8) is 0 Å². The number of halogens is 1. The summed E-state index contributed by atoms with van der Waals surface area (Å²) in [6, 6.07) is 13.7. The third-order valence-corrected chi connectivity index (χ3v) is 6.93. The predicted molar refractivity (Wildman–Crippen MR) is 120 cm³/mol. The van der Waals surface area contributed by atoms with Gasteiger partial charge in [0.25, 0.3) is 0 Å². The molecule has 0 aliphatic heterocycles. The average molecular weight is 492 g/mol. The van der Waals surface area contributed by atoms with E-state index >= 15 is 0 Å². The summed E-state index contributed by atoms with van der Waals surface area (Å²) in [7, 11) is -3.51. The zero-order valence-electron chi connectivity index (χ0n) is 16.5. The summed E-state index contributed by atoms with van der Waals surface area (Å²) in [5.41, 5.74) is 7.03. The maximum Gasteiger partial charge on any atom is 0.248 e. The van der Waals surface area contributed by atoms with Crippen LogP contribution in [0, 0.1) is 0 Å². The molecule has 30 heavy (non-hydrogen) atoms. The zero-order chi connectivity index (χ0) is 21.7. The highest BCUT2D eigenvalue weighted by Crippen LogP contribution is 2.31. The molecule has 10 heteroatoms. The van der Waals surface area contributed by atoms with Crippen LogP contribution in [0.5, 0.6) is 11.6 Å². The molecule has 158 valence electrons. The lowest BCUT2D eigenvalue weighted by Crippen LogP contribution is -2.30. The fourth-order valence-corrected chi connectivity index (χ4v) is 4.46. The van der Waals surface area contributed by atoms with Crippen LogP contribution in [0.25, 0.3) is 0 Å². The van der Waals surface area contributed by atoms with Crippen molar-refractivity contribution in [3.05, 3.63) is 59.3 Å². The fraction of sp³-hybridized carbons (Fsp3) is 0.200. The highest BCUT2D eigenvalue weighted by Gasteiger charge is 2.21. The van der Waals surface area contributed by atoms with E-state index in [9.17, 15) is 8.42 Å². The molecule has 0 amide bonds. The van der Waals surface area contributed by atoms with Crippen molar-refractivity contribution in [2.75, 3.05) is 24.1 Å². The van der Waals surface area contributed by atoms with Crippen LogP contribution in [0.3, 0.4) is 0 Å². The minimum Gasteiger partial charge on any atom is -0.437 e. The molecule has 3 rings (SSSR count). The van der Waals surface area contributed by atoms with Gasteiger partial charge in [0.15, 0.2) is 5.82 Å². The molecule has 0 fully saturated rings. The summed E-state index contributed by atoms with van der Waals surface area (Å²) in [6.07, 6.45) is 1.34. The third-order valence-electron chi connectivity index (χ3n) is 4.34. The summed E-state index contributed by atoms with van der Waals surface area (Å²) in [5.74, 6) is 1.16. The van der Waals surface area contributed by atoms with E-state index in [0.29, 0.717) is 30.3 Å². The molecule has 0 bridgehead atoms. The molecule has 8 nitrogen and oxygen atoms in total. The SMILES string of the molecule is CCN(CC)S(=O)(=O)c1ccc(Nc2ncnc(Oc3ccc(Br)cc3)c2N)cc1. The normalized spacial score (nSPS) is 11.5. The van der Waals surface area contributed by atoms with Gasteiger partial charge >= 0.3 is 0 Å².